The van der Waals surface area contributed by atoms with Gasteiger partial charge in [-0.25, -0.2) is 0 Å². The maximum atomic E-state index is 11.0. The molecule has 1 aromatic carbocycles. The molecule has 86 valence electrons. The molecule has 0 saturated heterocycles. The minimum atomic E-state index is -0.740. The Kier molecular flexibility index (Phi) is 3.13. The molecule has 1 atom stereocenters. The molecule has 3 nitrogen and oxygen atoms in total. The first-order chi connectivity index (χ1) is 7.68. The van der Waals surface area contributed by atoms with Crippen LogP contribution in [0, 0.1) is 18.8 Å². The van der Waals surface area contributed by atoms with Crippen molar-refractivity contribution in [1.82, 2.24) is 0 Å². The first kappa shape index (κ1) is 11.0. The summed E-state index contributed by atoms with van der Waals surface area (Å²) in [6.45, 7) is 2.24. The Hall–Kier alpha value is -1.51. The third-order valence-corrected chi connectivity index (χ3v) is 3.02. The van der Waals surface area contributed by atoms with Gasteiger partial charge in [-0.05, 0) is 37.3 Å². The highest BCUT2D eigenvalue weighted by Crippen LogP contribution is 2.37. The second-order valence-corrected chi connectivity index (χ2v) is 4.36. The van der Waals surface area contributed by atoms with E-state index in [9.17, 15) is 4.79 Å². The van der Waals surface area contributed by atoms with Crippen LogP contribution in [0.2, 0.25) is 0 Å². The lowest BCUT2D eigenvalue weighted by atomic mass is 10.1. The molecule has 1 saturated carbocycles. The number of para-hydroxylation sites is 1. The number of ether oxygens (including phenoxy) is 1. The lowest BCUT2D eigenvalue weighted by Crippen LogP contribution is -2.23. The van der Waals surface area contributed by atoms with Crippen LogP contribution in [-0.4, -0.2) is 17.7 Å². The Bertz CT molecular complexity index is 383. The van der Waals surface area contributed by atoms with Gasteiger partial charge in [-0.3, -0.25) is 4.79 Å². The molecule has 1 aliphatic carbocycles. The van der Waals surface area contributed by atoms with Crippen LogP contribution in [0.1, 0.15) is 18.4 Å². The predicted octanol–water partition coefficient (Wildman–Crippen LogP) is 2.48. The van der Waals surface area contributed by atoms with Gasteiger partial charge in [0.05, 0.1) is 5.92 Å². The molecule has 1 aromatic rings. The van der Waals surface area contributed by atoms with Gasteiger partial charge >= 0.3 is 5.97 Å². The van der Waals surface area contributed by atoms with Crippen molar-refractivity contribution in [2.75, 3.05) is 6.61 Å². The highest BCUT2D eigenvalue weighted by atomic mass is 16.5. The third kappa shape index (κ3) is 2.54. The summed E-state index contributed by atoms with van der Waals surface area (Å²) >= 11 is 0. The molecule has 0 aliphatic heterocycles. The first-order valence-corrected chi connectivity index (χ1v) is 5.59. The van der Waals surface area contributed by atoms with Crippen molar-refractivity contribution in [1.29, 1.82) is 0 Å². The molecule has 3 heteroatoms. The topological polar surface area (TPSA) is 46.5 Å². The van der Waals surface area contributed by atoms with Crippen molar-refractivity contribution in [2.45, 2.75) is 19.8 Å². The number of carbonyl (C=O) groups is 1. The van der Waals surface area contributed by atoms with Crippen LogP contribution in [0.25, 0.3) is 0 Å². The van der Waals surface area contributed by atoms with Gasteiger partial charge in [0, 0.05) is 0 Å². The van der Waals surface area contributed by atoms with E-state index in [4.69, 9.17) is 9.84 Å². The van der Waals surface area contributed by atoms with Crippen molar-refractivity contribution in [3.05, 3.63) is 29.8 Å². The molecule has 1 unspecified atom stereocenters. The van der Waals surface area contributed by atoms with Gasteiger partial charge in [0.2, 0.25) is 0 Å². The van der Waals surface area contributed by atoms with Crippen LogP contribution >= 0.6 is 0 Å². The predicted molar refractivity (Wildman–Crippen MR) is 60.5 cm³/mol. The largest absolute Gasteiger partial charge is 0.492 e. The van der Waals surface area contributed by atoms with Gasteiger partial charge in [0.25, 0.3) is 0 Å². The van der Waals surface area contributed by atoms with Crippen LogP contribution in [0.15, 0.2) is 24.3 Å². The molecule has 0 aromatic heterocycles. The fourth-order valence-electron chi connectivity index (χ4n) is 1.81. The second-order valence-electron chi connectivity index (χ2n) is 4.36. The Labute approximate surface area is 95.0 Å². The summed E-state index contributed by atoms with van der Waals surface area (Å²) in [4.78, 5) is 11.0. The highest BCUT2D eigenvalue weighted by Gasteiger charge is 2.36. The number of aryl methyl sites for hydroxylation is 1. The van der Waals surface area contributed by atoms with Crippen molar-refractivity contribution < 1.29 is 14.6 Å². The number of hydrogen-bond donors (Lipinski definition) is 1. The molecule has 16 heavy (non-hydrogen) atoms. The minimum absolute atomic E-state index is 0.283. The van der Waals surface area contributed by atoms with Crippen LogP contribution in [0.3, 0.4) is 0 Å². The Morgan fingerprint density at radius 2 is 2.19 bits per heavy atom. The fourth-order valence-corrected chi connectivity index (χ4v) is 1.81. The van der Waals surface area contributed by atoms with Gasteiger partial charge in [-0.15, -0.1) is 0 Å². The number of rotatable bonds is 5. The number of carboxylic acid groups (broad SMARTS) is 1. The summed E-state index contributed by atoms with van der Waals surface area (Å²) in [7, 11) is 0. The van der Waals surface area contributed by atoms with Gasteiger partial charge in [0.1, 0.15) is 12.4 Å². The van der Waals surface area contributed by atoms with Gasteiger partial charge in [0.15, 0.2) is 0 Å². The third-order valence-electron chi connectivity index (χ3n) is 3.02. The fraction of sp³-hybridized carbons (Fsp3) is 0.462. The van der Waals surface area contributed by atoms with E-state index in [0.717, 1.165) is 24.2 Å². The van der Waals surface area contributed by atoms with Crippen molar-refractivity contribution in [3.8, 4) is 5.75 Å². The van der Waals surface area contributed by atoms with E-state index in [-0.39, 0.29) is 12.5 Å². The van der Waals surface area contributed by atoms with Gasteiger partial charge in [-0.2, -0.15) is 0 Å². The van der Waals surface area contributed by atoms with Gasteiger partial charge in [-0.1, -0.05) is 18.2 Å². The average Bonchev–Trinajstić information content (AvgIpc) is 3.04. The highest BCUT2D eigenvalue weighted by molar-refractivity contribution is 5.71. The van der Waals surface area contributed by atoms with E-state index in [1.807, 2.05) is 31.2 Å². The maximum Gasteiger partial charge on any atom is 0.310 e. The molecular formula is C13H16O3. The van der Waals surface area contributed by atoms with Crippen LogP contribution in [0.5, 0.6) is 5.75 Å². The van der Waals surface area contributed by atoms with Crippen LogP contribution < -0.4 is 4.74 Å². The normalized spacial score (nSPS) is 16.8. The van der Waals surface area contributed by atoms with E-state index >= 15 is 0 Å². The SMILES string of the molecule is Cc1ccccc1OCC(C(=O)O)C1CC1. The molecule has 1 aliphatic rings. The summed E-state index contributed by atoms with van der Waals surface area (Å²) in [5, 5.41) is 9.05. The van der Waals surface area contributed by atoms with Crippen molar-refractivity contribution in [2.24, 2.45) is 11.8 Å². The number of benzene rings is 1. The van der Waals surface area contributed by atoms with Crippen molar-refractivity contribution in [3.63, 3.8) is 0 Å². The van der Waals surface area contributed by atoms with Gasteiger partial charge < -0.3 is 9.84 Å². The zero-order chi connectivity index (χ0) is 11.5. The van der Waals surface area contributed by atoms with Crippen molar-refractivity contribution >= 4 is 5.97 Å². The molecule has 0 spiro atoms. The molecule has 0 bridgehead atoms. The first-order valence-electron chi connectivity index (χ1n) is 5.59. The standard InChI is InChI=1S/C13H16O3/c1-9-4-2-3-5-12(9)16-8-11(13(14)15)10-6-7-10/h2-5,10-11H,6-8H2,1H3,(H,14,15). The van der Waals surface area contributed by atoms with E-state index < -0.39 is 5.97 Å². The monoisotopic (exact) mass is 220 g/mol. The maximum absolute atomic E-state index is 11.0. The summed E-state index contributed by atoms with van der Waals surface area (Å²) in [5.74, 6) is 0.0200. The molecule has 0 amide bonds. The zero-order valence-corrected chi connectivity index (χ0v) is 9.35. The Morgan fingerprint density at radius 1 is 1.50 bits per heavy atom. The van der Waals surface area contributed by atoms with Crippen LogP contribution in [-0.2, 0) is 4.79 Å². The Morgan fingerprint density at radius 3 is 2.75 bits per heavy atom. The lowest BCUT2D eigenvalue weighted by molar-refractivity contribution is -0.143. The molecule has 2 rings (SSSR count). The second kappa shape index (κ2) is 4.56. The smallest absolute Gasteiger partial charge is 0.310 e. The zero-order valence-electron chi connectivity index (χ0n) is 9.35. The molecule has 1 fully saturated rings. The average molecular weight is 220 g/mol. The summed E-state index contributed by atoms with van der Waals surface area (Å²) in [6.07, 6.45) is 2.04. The minimum Gasteiger partial charge on any atom is -0.492 e. The van der Waals surface area contributed by atoms with E-state index in [0.29, 0.717) is 5.92 Å². The van der Waals surface area contributed by atoms with E-state index in [1.165, 1.54) is 0 Å². The lowest BCUT2D eigenvalue weighted by Gasteiger charge is -2.14. The Balaban J connectivity index is 1.95. The molecule has 1 N–H and O–H groups in total. The number of hydrogen-bond acceptors (Lipinski definition) is 2. The number of aliphatic carboxylic acids is 1. The molecule has 0 radical (unpaired) electrons. The number of carboxylic acids is 1. The summed E-state index contributed by atoms with van der Waals surface area (Å²) < 4.78 is 5.58. The summed E-state index contributed by atoms with van der Waals surface area (Å²) in [6, 6.07) is 7.68. The molecule has 0 heterocycles. The van der Waals surface area contributed by atoms with E-state index in [2.05, 4.69) is 0 Å². The van der Waals surface area contributed by atoms with Crippen LogP contribution in [0.4, 0.5) is 0 Å². The summed E-state index contributed by atoms with van der Waals surface area (Å²) in [5.41, 5.74) is 1.04. The quantitative estimate of drug-likeness (QED) is 0.829. The molecular weight excluding hydrogens is 204 g/mol. The van der Waals surface area contributed by atoms with E-state index in [1.54, 1.807) is 0 Å².